The number of ether oxygens (including phenoxy) is 2. The van der Waals surface area contributed by atoms with Crippen LogP contribution in [0.5, 0.6) is 17.5 Å². The highest BCUT2D eigenvalue weighted by Crippen LogP contribution is 2.37. The molecule has 1 fully saturated rings. The molecule has 2 aromatic carbocycles. The van der Waals surface area contributed by atoms with Gasteiger partial charge in [0.15, 0.2) is 0 Å². The van der Waals surface area contributed by atoms with Crippen molar-refractivity contribution in [3.05, 3.63) is 66.6 Å². The van der Waals surface area contributed by atoms with Gasteiger partial charge in [0, 0.05) is 73.3 Å². The minimum absolute atomic E-state index is 0.230. The summed E-state index contributed by atoms with van der Waals surface area (Å²) < 4.78 is 26.2. The fourth-order valence-corrected chi connectivity index (χ4v) is 4.43. The number of fused-ring (bicyclic) bond motifs is 3. The molecule has 0 bridgehead atoms. The van der Waals surface area contributed by atoms with Gasteiger partial charge in [0.1, 0.15) is 17.3 Å². The molecule has 39 heavy (non-hydrogen) atoms. The van der Waals surface area contributed by atoms with E-state index >= 15 is 0 Å². The molecule has 0 saturated carbocycles. The van der Waals surface area contributed by atoms with Gasteiger partial charge in [-0.25, -0.2) is 19.3 Å². The normalized spacial score (nSPS) is 13.7. The number of pyridine rings is 1. The topological polar surface area (TPSA) is 121 Å². The van der Waals surface area contributed by atoms with Gasteiger partial charge >= 0.3 is 6.01 Å². The molecule has 3 N–H and O–H groups in total. The summed E-state index contributed by atoms with van der Waals surface area (Å²) in [4.78, 5) is 22.3. The number of halogens is 1. The van der Waals surface area contributed by atoms with E-state index < -0.39 is 5.82 Å². The fourth-order valence-electron chi connectivity index (χ4n) is 4.43. The molecular weight excluding hydrogens is 501 g/mol. The number of aromatic amines is 1. The van der Waals surface area contributed by atoms with Crippen molar-refractivity contribution in [2.24, 2.45) is 0 Å². The Balaban J connectivity index is 0.000000292. The molecular formula is C28H30FN7O3. The summed E-state index contributed by atoms with van der Waals surface area (Å²) >= 11 is 0. The van der Waals surface area contributed by atoms with Crippen LogP contribution in [0.15, 0.2) is 55.1 Å². The van der Waals surface area contributed by atoms with Crippen LogP contribution >= 0.6 is 0 Å². The fraction of sp³-hybridized carbons (Fsp3) is 0.286. The standard InChI is InChI=1S/C22H16FN5O2.C6H14N2O/c1-12-5-6-24-22(28-12)30-13-3-4-14(20(7-13)29-2)15-8-16-18(9-17(15)23)25-10-19-21(16)27-11-26-19;9-6-5-8-3-1-7-2-4-8/h3-11H,1-2H3,(H,26,27);7,9H,1-6H2. The Kier molecular flexibility index (Phi) is 8.21. The van der Waals surface area contributed by atoms with Gasteiger partial charge in [-0.2, -0.15) is 0 Å². The van der Waals surface area contributed by atoms with Crippen molar-refractivity contribution >= 4 is 21.9 Å². The molecule has 4 heterocycles. The molecule has 0 aliphatic carbocycles. The molecule has 6 rings (SSSR count). The number of aliphatic hydroxyl groups is 1. The number of aryl methyl sites for hydroxylation is 1. The van der Waals surface area contributed by atoms with Gasteiger partial charge in [-0.05, 0) is 31.2 Å². The van der Waals surface area contributed by atoms with Crippen LogP contribution in [0.2, 0.25) is 0 Å². The summed E-state index contributed by atoms with van der Waals surface area (Å²) in [5, 5.41) is 12.6. The molecule has 10 nitrogen and oxygen atoms in total. The lowest BCUT2D eigenvalue weighted by Gasteiger charge is -2.25. The number of β-amino-alcohol motifs (C(OH)–C–C–N with tert-alkyl or cyclic N) is 1. The lowest BCUT2D eigenvalue weighted by Crippen LogP contribution is -2.44. The summed E-state index contributed by atoms with van der Waals surface area (Å²) in [5.41, 5.74) is 3.81. The Morgan fingerprint density at radius 3 is 2.67 bits per heavy atom. The van der Waals surface area contributed by atoms with E-state index in [1.54, 1.807) is 49.1 Å². The predicted octanol–water partition coefficient (Wildman–Crippen LogP) is 3.70. The summed E-state index contributed by atoms with van der Waals surface area (Å²) in [6.07, 6.45) is 4.86. The molecule has 202 valence electrons. The van der Waals surface area contributed by atoms with Crippen molar-refractivity contribution in [2.45, 2.75) is 6.92 Å². The number of aliphatic hydroxyl groups excluding tert-OH is 1. The van der Waals surface area contributed by atoms with Crippen LogP contribution in [0.4, 0.5) is 4.39 Å². The van der Waals surface area contributed by atoms with Crippen molar-refractivity contribution < 1.29 is 19.0 Å². The quantitative estimate of drug-likeness (QED) is 0.301. The van der Waals surface area contributed by atoms with E-state index in [1.165, 1.54) is 13.2 Å². The summed E-state index contributed by atoms with van der Waals surface area (Å²) in [7, 11) is 1.53. The van der Waals surface area contributed by atoms with Gasteiger partial charge < -0.3 is 24.9 Å². The van der Waals surface area contributed by atoms with E-state index in [0.29, 0.717) is 34.7 Å². The molecule has 0 radical (unpaired) electrons. The number of imidazole rings is 1. The number of aromatic nitrogens is 5. The van der Waals surface area contributed by atoms with Gasteiger partial charge in [-0.1, -0.05) is 0 Å². The maximum absolute atomic E-state index is 15.0. The van der Waals surface area contributed by atoms with Gasteiger partial charge in [-0.15, -0.1) is 0 Å². The first-order valence-corrected chi connectivity index (χ1v) is 12.7. The zero-order valence-electron chi connectivity index (χ0n) is 21.8. The second kappa shape index (κ2) is 12.1. The number of rotatable bonds is 6. The average Bonchev–Trinajstić information content (AvgIpc) is 3.43. The third-order valence-corrected chi connectivity index (χ3v) is 6.41. The average molecular weight is 532 g/mol. The van der Waals surface area contributed by atoms with Gasteiger partial charge in [0.2, 0.25) is 0 Å². The summed E-state index contributed by atoms with van der Waals surface area (Å²) in [6, 6.07) is 10.3. The number of hydrogen-bond acceptors (Lipinski definition) is 9. The van der Waals surface area contributed by atoms with Crippen LogP contribution in [0.1, 0.15) is 5.69 Å². The minimum Gasteiger partial charge on any atom is -0.496 e. The third-order valence-electron chi connectivity index (χ3n) is 6.41. The molecule has 3 aromatic heterocycles. The van der Waals surface area contributed by atoms with E-state index in [9.17, 15) is 4.39 Å². The van der Waals surface area contributed by atoms with Crippen LogP contribution < -0.4 is 14.8 Å². The van der Waals surface area contributed by atoms with Crippen LogP contribution in [-0.4, -0.2) is 81.4 Å². The molecule has 0 atom stereocenters. The third kappa shape index (κ3) is 6.11. The first kappa shape index (κ1) is 26.4. The Labute approximate surface area is 224 Å². The maximum Gasteiger partial charge on any atom is 0.322 e. The SMILES string of the molecule is COc1cc(Oc2nccc(C)n2)ccc1-c1cc2c(cc1F)ncc1[nH]cnc12.OCCN1CCNCC1. The Morgan fingerprint density at radius 2 is 1.90 bits per heavy atom. The molecule has 0 amide bonds. The van der Waals surface area contributed by atoms with Crippen LogP contribution in [-0.2, 0) is 0 Å². The summed E-state index contributed by atoms with van der Waals surface area (Å²) in [6.45, 7) is 7.29. The Bertz CT molecular complexity index is 1570. The van der Waals surface area contributed by atoms with Gasteiger partial charge in [-0.3, -0.25) is 9.88 Å². The number of hydrogen-bond donors (Lipinski definition) is 3. The van der Waals surface area contributed by atoms with Crippen LogP contribution in [0, 0.1) is 12.7 Å². The smallest absolute Gasteiger partial charge is 0.322 e. The monoisotopic (exact) mass is 531 g/mol. The Morgan fingerprint density at radius 1 is 1.05 bits per heavy atom. The lowest BCUT2D eigenvalue weighted by atomic mass is 10.0. The molecule has 1 aliphatic rings. The first-order valence-electron chi connectivity index (χ1n) is 12.7. The van der Waals surface area contributed by atoms with Crippen LogP contribution in [0.3, 0.4) is 0 Å². The van der Waals surface area contributed by atoms with Crippen molar-refractivity contribution in [2.75, 3.05) is 46.4 Å². The van der Waals surface area contributed by atoms with Crippen LogP contribution in [0.25, 0.3) is 33.1 Å². The van der Waals surface area contributed by atoms with Gasteiger partial charge in [0.25, 0.3) is 0 Å². The highest BCUT2D eigenvalue weighted by Gasteiger charge is 2.16. The highest BCUT2D eigenvalue weighted by atomic mass is 19.1. The van der Waals surface area contributed by atoms with Crippen molar-refractivity contribution in [3.8, 4) is 28.6 Å². The van der Waals surface area contributed by atoms with Crippen molar-refractivity contribution in [1.29, 1.82) is 0 Å². The number of piperazine rings is 1. The molecule has 1 saturated heterocycles. The second-order valence-electron chi connectivity index (χ2n) is 9.03. The zero-order valence-corrected chi connectivity index (χ0v) is 21.8. The molecule has 0 spiro atoms. The number of H-pyrrole nitrogens is 1. The Hall–Kier alpha value is -4.19. The number of methoxy groups -OCH3 is 1. The first-order chi connectivity index (χ1) is 19.1. The van der Waals surface area contributed by atoms with E-state index in [2.05, 4.69) is 35.1 Å². The second-order valence-corrected chi connectivity index (χ2v) is 9.03. The van der Waals surface area contributed by atoms with E-state index in [1.807, 2.05) is 6.92 Å². The van der Waals surface area contributed by atoms with Crippen molar-refractivity contribution in [1.82, 2.24) is 35.1 Å². The van der Waals surface area contributed by atoms with Gasteiger partial charge in [0.05, 0.1) is 42.8 Å². The summed E-state index contributed by atoms with van der Waals surface area (Å²) in [5.74, 6) is 0.540. The number of nitrogens with zero attached hydrogens (tertiary/aromatic N) is 5. The zero-order chi connectivity index (χ0) is 27.2. The molecule has 11 heteroatoms. The maximum atomic E-state index is 15.0. The highest BCUT2D eigenvalue weighted by molar-refractivity contribution is 6.03. The minimum atomic E-state index is -0.404. The van der Waals surface area contributed by atoms with E-state index in [-0.39, 0.29) is 6.01 Å². The largest absolute Gasteiger partial charge is 0.496 e. The van der Waals surface area contributed by atoms with Crippen molar-refractivity contribution in [3.63, 3.8) is 0 Å². The van der Waals surface area contributed by atoms with E-state index in [4.69, 9.17) is 14.6 Å². The molecule has 5 aromatic rings. The van der Waals surface area contributed by atoms with E-state index in [0.717, 1.165) is 54.8 Å². The number of benzene rings is 2. The number of nitrogens with one attached hydrogen (secondary N) is 2. The molecule has 0 unspecified atom stereocenters. The molecule has 1 aliphatic heterocycles. The lowest BCUT2D eigenvalue weighted by molar-refractivity contribution is 0.180. The predicted molar refractivity (Wildman–Crippen MR) is 147 cm³/mol.